The van der Waals surface area contributed by atoms with E-state index in [0.29, 0.717) is 33.8 Å². The largest absolute Gasteiger partial charge is 0.454 e. The van der Waals surface area contributed by atoms with Gasteiger partial charge in [-0.25, -0.2) is 0 Å². The lowest BCUT2D eigenvalue weighted by atomic mass is 10.2. The molecule has 1 aromatic carbocycles. The SMILES string of the molecule is O=C(CCl)NCCN1C(=O)C(=Cc2ccc3c(c2)OCO3)SC1=S. The fourth-order valence-electron chi connectivity index (χ4n) is 2.20. The van der Waals surface area contributed by atoms with Crippen LogP contribution in [0.15, 0.2) is 23.1 Å². The van der Waals surface area contributed by atoms with E-state index < -0.39 is 0 Å². The predicted molar refractivity (Wildman–Crippen MR) is 96.2 cm³/mol. The monoisotopic (exact) mass is 384 g/mol. The van der Waals surface area contributed by atoms with Crippen molar-refractivity contribution in [3.63, 3.8) is 0 Å². The van der Waals surface area contributed by atoms with Crippen molar-refractivity contribution in [2.24, 2.45) is 0 Å². The van der Waals surface area contributed by atoms with Crippen molar-refractivity contribution in [2.75, 3.05) is 25.8 Å². The lowest BCUT2D eigenvalue weighted by Gasteiger charge is -2.14. The fourth-order valence-corrected chi connectivity index (χ4v) is 3.60. The molecule has 0 saturated carbocycles. The Kier molecular flexibility index (Phi) is 5.27. The van der Waals surface area contributed by atoms with Crippen LogP contribution < -0.4 is 14.8 Å². The average Bonchev–Trinajstić information content (AvgIpc) is 3.14. The Bertz CT molecular complexity index is 738. The van der Waals surface area contributed by atoms with Crippen LogP contribution >= 0.6 is 35.6 Å². The van der Waals surface area contributed by atoms with E-state index in [-0.39, 0.29) is 24.5 Å². The molecule has 1 N–H and O–H groups in total. The third kappa shape index (κ3) is 3.66. The highest BCUT2D eigenvalue weighted by Gasteiger charge is 2.31. The highest BCUT2D eigenvalue weighted by Crippen LogP contribution is 2.36. The summed E-state index contributed by atoms with van der Waals surface area (Å²) in [4.78, 5) is 25.6. The summed E-state index contributed by atoms with van der Waals surface area (Å²) in [7, 11) is 0. The zero-order valence-corrected chi connectivity index (χ0v) is 14.8. The van der Waals surface area contributed by atoms with E-state index in [1.807, 2.05) is 12.1 Å². The summed E-state index contributed by atoms with van der Waals surface area (Å²) in [5, 5.41) is 2.61. The van der Waals surface area contributed by atoms with Crippen molar-refractivity contribution in [2.45, 2.75) is 0 Å². The molecule has 1 saturated heterocycles. The van der Waals surface area contributed by atoms with Crippen LogP contribution in [-0.4, -0.2) is 46.8 Å². The molecule has 2 aliphatic heterocycles. The molecule has 2 heterocycles. The Labute approximate surface area is 153 Å². The van der Waals surface area contributed by atoms with Gasteiger partial charge in [0.15, 0.2) is 11.5 Å². The number of nitrogens with one attached hydrogen (secondary N) is 1. The Hall–Kier alpha value is -1.77. The van der Waals surface area contributed by atoms with Gasteiger partial charge in [0.05, 0.1) is 4.91 Å². The highest BCUT2D eigenvalue weighted by atomic mass is 35.5. The van der Waals surface area contributed by atoms with E-state index in [4.69, 9.17) is 33.3 Å². The number of fused-ring (bicyclic) bond motifs is 1. The van der Waals surface area contributed by atoms with Crippen LogP contribution in [0.5, 0.6) is 11.5 Å². The molecule has 2 aliphatic rings. The van der Waals surface area contributed by atoms with E-state index in [1.165, 1.54) is 16.7 Å². The van der Waals surface area contributed by atoms with Crippen LogP contribution in [0, 0.1) is 0 Å². The second-order valence-corrected chi connectivity index (χ2v) is 6.87. The van der Waals surface area contributed by atoms with Crippen molar-refractivity contribution in [3.8, 4) is 11.5 Å². The first-order chi connectivity index (χ1) is 11.6. The minimum Gasteiger partial charge on any atom is -0.454 e. The molecule has 0 unspecified atom stereocenters. The van der Waals surface area contributed by atoms with Crippen LogP contribution in [0.3, 0.4) is 0 Å². The molecule has 0 aromatic heterocycles. The molecule has 1 fully saturated rings. The molecule has 1 aromatic rings. The minimum absolute atomic E-state index is 0.109. The van der Waals surface area contributed by atoms with Gasteiger partial charge in [0.2, 0.25) is 12.7 Å². The Morgan fingerprint density at radius 3 is 3.00 bits per heavy atom. The molecule has 2 amide bonds. The van der Waals surface area contributed by atoms with Crippen molar-refractivity contribution in [3.05, 3.63) is 28.7 Å². The Morgan fingerprint density at radius 1 is 1.42 bits per heavy atom. The molecule has 24 heavy (non-hydrogen) atoms. The van der Waals surface area contributed by atoms with Gasteiger partial charge in [0, 0.05) is 13.1 Å². The third-order valence-corrected chi connectivity index (χ3v) is 4.97. The summed E-state index contributed by atoms with van der Waals surface area (Å²) in [6, 6.07) is 5.47. The molecule has 0 spiro atoms. The molecule has 0 aliphatic carbocycles. The number of carbonyl (C=O) groups is 2. The zero-order valence-electron chi connectivity index (χ0n) is 12.4. The number of hydrogen-bond donors (Lipinski definition) is 1. The molecule has 0 bridgehead atoms. The Morgan fingerprint density at radius 2 is 2.21 bits per heavy atom. The summed E-state index contributed by atoms with van der Waals surface area (Å²) in [6.07, 6.45) is 1.76. The smallest absolute Gasteiger partial charge is 0.266 e. The number of nitrogens with zero attached hydrogens (tertiary/aromatic N) is 1. The molecule has 126 valence electrons. The molecule has 6 nitrogen and oxygen atoms in total. The number of thiocarbonyl (C=S) groups is 1. The average molecular weight is 385 g/mol. The molecule has 3 rings (SSSR count). The lowest BCUT2D eigenvalue weighted by molar-refractivity contribution is -0.123. The maximum absolute atomic E-state index is 12.5. The second kappa shape index (κ2) is 7.42. The van der Waals surface area contributed by atoms with E-state index in [9.17, 15) is 9.59 Å². The van der Waals surface area contributed by atoms with Crippen LogP contribution in [0.1, 0.15) is 5.56 Å². The summed E-state index contributed by atoms with van der Waals surface area (Å²) in [5.41, 5.74) is 0.829. The van der Waals surface area contributed by atoms with Crippen LogP contribution in [-0.2, 0) is 9.59 Å². The molecular formula is C15H13ClN2O4S2. The predicted octanol–water partition coefficient (Wildman–Crippen LogP) is 1.97. The number of ether oxygens (including phenoxy) is 2. The first-order valence-corrected chi connectivity index (χ1v) is 8.82. The third-order valence-electron chi connectivity index (χ3n) is 3.35. The summed E-state index contributed by atoms with van der Waals surface area (Å²) >= 11 is 11.9. The quantitative estimate of drug-likeness (QED) is 0.475. The van der Waals surface area contributed by atoms with E-state index in [2.05, 4.69) is 5.32 Å². The Balaban J connectivity index is 1.68. The molecular weight excluding hydrogens is 372 g/mol. The maximum Gasteiger partial charge on any atom is 0.266 e. The van der Waals surface area contributed by atoms with Gasteiger partial charge < -0.3 is 14.8 Å². The van der Waals surface area contributed by atoms with Gasteiger partial charge in [-0.05, 0) is 23.8 Å². The number of alkyl halides is 1. The van der Waals surface area contributed by atoms with Crippen molar-refractivity contribution < 1.29 is 19.1 Å². The van der Waals surface area contributed by atoms with E-state index >= 15 is 0 Å². The second-order valence-electron chi connectivity index (χ2n) is 4.93. The van der Waals surface area contributed by atoms with E-state index in [1.54, 1.807) is 12.1 Å². The number of rotatable bonds is 5. The van der Waals surface area contributed by atoms with Crippen molar-refractivity contribution in [1.82, 2.24) is 10.2 Å². The summed E-state index contributed by atoms with van der Waals surface area (Å²) in [5.74, 6) is 0.779. The minimum atomic E-state index is -0.280. The van der Waals surface area contributed by atoms with Gasteiger partial charge in [-0.3, -0.25) is 14.5 Å². The standard InChI is InChI=1S/C15H13ClN2O4S2/c16-7-13(19)17-3-4-18-14(20)12(24-15(18)23)6-9-1-2-10-11(5-9)22-8-21-10/h1-2,5-6H,3-4,7-8H2,(H,17,19). The van der Waals surface area contributed by atoms with Crippen molar-refractivity contribution >= 4 is 57.8 Å². The van der Waals surface area contributed by atoms with Gasteiger partial charge in [-0.2, -0.15) is 0 Å². The molecule has 0 radical (unpaired) electrons. The zero-order chi connectivity index (χ0) is 17.1. The van der Waals surface area contributed by atoms with Crippen LogP contribution in [0.2, 0.25) is 0 Å². The number of halogens is 1. The number of amides is 2. The topological polar surface area (TPSA) is 67.9 Å². The number of thioether (sulfide) groups is 1. The number of carbonyl (C=O) groups excluding carboxylic acids is 2. The molecule has 9 heteroatoms. The van der Waals surface area contributed by atoms with Crippen LogP contribution in [0.4, 0.5) is 0 Å². The first-order valence-electron chi connectivity index (χ1n) is 7.06. The highest BCUT2D eigenvalue weighted by molar-refractivity contribution is 8.26. The van der Waals surface area contributed by atoms with Crippen molar-refractivity contribution in [1.29, 1.82) is 0 Å². The lowest BCUT2D eigenvalue weighted by Crippen LogP contribution is -2.37. The fraction of sp³-hybridized carbons (Fsp3) is 0.267. The maximum atomic E-state index is 12.5. The van der Waals surface area contributed by atoms with Gasteiger partial charge in [-0.1, -0.05) is 30.0 Å². The van der Waals surface area contributed by atoms with Gasteiger partial charge in [0.25, 0.3) is 5.91 Å². The molecule has 0 atom stereocenters. The van der Waals surface area contributed by atoms with Crippen LogP contribution in [0.25, 0.3) is 6.08 Å². The van der Waals surface area contributed by atoms with Gasteiger partial charge in [0.1, 0.15) is 10.2 Å². The number of hydrogen-bond acceptors (Lipinski definition) is 6. The van der Waals surface area contributed by atoms with Gasteiger partial charge in [-0.15, -0.1) is 11.6 Å². The van der Waals surface area contributed by atoms with Gasteiger partial charge >= 0.3 is 0 Å². The summed E-state index contributed by atoms with van der Waals surface area (Å²) < 4.78 is 11.1. The number of benzene rings is 1. The normalized spacial score (nSPS) is 17.7. The summed E-state index contributed by atoms with van der Waals surface area (Å²) in [6.45, 7) is 0.815. The van der Waals surface area contributed by atoms with E-state index in [0.717, 1.165) is 5.56 Å². The first kappa shape index (κ1) is 17.1.